The molecular weight excluding hydrogens is 394 g/mol. The number of aryl methyl sites for hydroxylation is 1. The first-order chi connectivity index (χ1) is 14.4. The predicted octanol–water partition coefficient (Wildman–Crippen LogP) is 1.82. The minimum absolute atomic E-state index is 0.0554. The third-order valence-corrected chi connectivity index (χ3v) is 4.84. The van der Waals surface area contributed by atoms with E-state index in [1.807, 2.05) is 6.07 Å². The molecule has 1 aromatic carbocycles. The molecule has 0 bridgehead atoms. The number of phenolic OH excluding ortho intramolecular Hbond substituents is 1. The van der Waals surface area contributed by atoms with E-state index in [-0.39, 0.29) is 23.8 Å². The first kappa shape index (κ1) is 22.7. The third kappa shape index (κ3) is 5.72. The van der Waals surface area contributed by atoms with Gasteiger partial charge in [-0.15, -0.1) is 0 Å². The van der Waals surface area contributed by atoms with Crippen LogP contribution >= 0.6 is 0 Å². The van der Waals surface area contributed by atoms with Crippen LogP contribution in [0.2, 0.25) is 0 Å². The van der Waals surface area contributed by atoms with Crippen molar-refractivity contribution in [3.8, 4) is 11.5 Å². The molecule has 1 amide bonds. The Hall–Kier alpha value is -3.56. The van der Waals surface area contributed by atoms with Gasteiger partial charge >= 0.3 is 5.97 Å². The lowest BCUT2D eigenvalue weighted by Gasteiger charge is -2.26. The molecule has 30 heavy (non-hydrogen) atoms. The molecule has 0 aliphatic carbocycles. The van der Waals surface area contributed by atoms with Crippen molar-refractivity contribution in [2.45, 2.75) is 38.6 Å². The topological polar surface area (TPSA) is 153 Å². The van der Waals surface area contributed by atoms with Crippen molar-refractivity contribution in [3.63, 3.8) is 0 Å². The molecule has 0 saturated carbocycles. The molecule has 2 heterocycles. The zero-order valence-electron chi connectivity index (χ0n) is 16.6. The number of nitrogens with one attached hydrogen (secondary N) is 1. The molecule has 0 radical (unpaired) electrons. The van der Waals surface area contributed by atoms with Crippen LogP contribution in [0.1, 0.15) is 46.6 Å². The fraction of sp³-hybridized carbons (Fsp3) is 0.400. The van der Waals surface area contributed by atoms with Gasteiger partial charge in [0.15, 0.2) is 17.2 Å². The SMILES string of the molecule is COc1ccc(CCCCC(=O)N2CCc3c(C(=O)O)n[nH]c3C2)cc1O.O=CO. The van der Waals surface area contributed by atoms with Crippen LogP contribution in [0.5, 0.6) is 11.5 Å². The van der Waals surface area contributed by atoms with E-state index in [9.17, 15) is 14.7 Å². The lowest BCUT2D eigenvalue weighted by Crippen LogP contribution is -2.36. The summed E-state index contributed by atoms with van der Waals surface area (Å²) in [6.07, 6.45) is 3.31. The molecule has 0 spiro atoms. The number of nitrogens with zero attached hydrogens (tertiary/aromatic N) is 2. The number of amides is 1. The summed E-state index contributed by atoms with van der Waals surface area (Å²) in [4.78, 5) is 33.6. The summed E-state index contributed by atoms with van der Waals surface area (Å²) in [7, 11) is 1.51. The van der Waals surface area contributed by atoms with Crippen LogP contribution in [0, 0.1) is 0 Å². The molecule has 162 valence electrons. The summed E-state index contributed by atoms with van der Waals surface area (Å²) in [6.45, 7) is 0.638. The molecule has 3 rings (SSSR count). The summed E-state index contributed by atoms with van der Waals surface area (Å²) >= 11 is 0. The number of carbonyl (C=O) groups excluding carboxylic acids is 1. The second-order valence-corrected chi connectivity index (χ2v) is 6.72. The second kappa shape index (κ2) is 10.8. The van der Waals surface area contributed by atoms with E-state index < -0.39 is 5.97 Å². The summed E-state index contributed by atoms with van der Waals surface area (Å²) in [5, 5.41) is 32.3. The van der Waals surface area contributed by atoms with E-state index in [2.05, 4.69) is 10.2 Å². The van der Waals surface area contributed by atoms with E-state index in [0.29, 0.717) is 42.9 Å². The number of phenols is 1. The Morgan fingerprint density at radius 3 is 2.70 bits per heavy atom. The highest BCUT2D eigenvalue weighted by Crippen LogP contribution is 2.27. The molecular formula is C20H25N3O7. The fourth-order valence-electron chi connectivity index (χ4n) is 3.36. The quantitative estimate of drug-likeness (QED) is 0.392. The Morgan fingerprint density at radius 2 is 2.07 bits per heavy atom. The van der Waals surface area contributed by atoms with Crippen molar-refractivity contribution >= 4 is 18.3 Å². The highest BCUT2D eigenvalue weighted by atomic mass is 16.5. The van der Waals surface area contributed by atoms with Crippen LogP contribution < -0.4 is 4.74 Å². The Kier molecular flexibility index (Phi) is 8.21. The number of carboxylic acid groups (broad SMARTS) is 2. The van der Waals surface area contributed by atoms with Crippen molar-refractivity contribution in [1.82, 2.24) is 15.1 Å². The molecule has 0 unspecified atom stereocenters. The average molecular weight is 419 g/mol. The van der Waals surface area contributed by atoms with E-state index in [1.165, 1.54) is 7.11 Å². The Labute approximate surface area is 173 Å². The van der Waals surface area contributed by atoms with Crippen LogP contribution in [-0.4, -0.2) is 62.4 Å². The van der Waals surface area contributed by atoms with Crippen molar-refractivity contribution in [2.24, 2.45) is 0 Å². The Morgan fingerprint density at radius 1 is 1.33 bits per heavy atom. The number of ether oxygens (including phenoxy) is 1. The maximum atomic E-state index is 12.4. The first-order valence-electron chi connectivity index (χ1n) is 9.42. The summed E-state index contributed by atoms with van der Waals surface area (Å²) in [5.41, 5.74) is 2.47. The van der Waals surface area contributed by atoms with Crippen LogP contribution in [0.4, 0.5) is 0 Å². The second-order valence-electron chi connectivity index (χ2n) is 6.72. The summed E-state index contributed by atoms with van der Waals surface area (Å²) < 4.78 is 5.02. The number of aromatic nitrogens is 2. The van der Waals surface area contributed by atoms with Gasteiger partial charge in [-0.05, 0) is 43.4 Å². The molecule has 10 nitrogen and oxygen atoms in total. The van der Waals surface area contributed by atoms with Gasteiger partial charge in [0, 0.05) is 18.5 Å². The number of rotatable bonds is 7. The third-order valence-electron chi connectivity index (χ3n) is 4.84. The average Bonchev–Trinajstić information content (AvgIpc) is 3.15. The van der Waals surface area contributed by atoms with Gasteiger partial charge < -0.3 is 25.0 Å². The number of carbonyl (C=O) groups is 3. The fourth-order valence-corrected chi connectivity index (χ4v) is 3.36. The maximum Gasteiger partial charge on any atom is 0.356 e. The zero-order valence-corrected chi connectivity index (χ0v) is 16.6. The number of hydrogen-bond donors (Lipinski definition) is 4. The number of methoxy groups -OCH3 is 1. The minimum Gasteiger partial charge on any atom is -0.504 e. The van der Waals surface area contributed by atoms with Gasteiger partial charge in [-0.1, -0.05) is 6.07 Å². The summed E-state index contributed by atoms with van der Waals surface area (Å²) in [5.74, 6) is -0.416. The van der Waals surface area contributed by atoms with Crippen molar-refractivity contribution in [2.75, 3.05) is 13.7 Å². The molecule has 0 atom stereocenters. The first-order valence-corrected chi connectivity index (χ1v) is 9.42. The lowest BCUT2D eigenvalue weighted by molar-refractivity contribution is -0.132. The number of benzene rings is 1. The minimum atomic E-state index is -1.04. The highest BCUT2D eigenvalue weighted by molar-refractivity contribution is 5.87. The number of aromatic hydroxyl groups is 1. The number of hydrogen-bond acceptors (Lipinski definition) is 6. The van der Waals surface area contributed by atoms with Gasteiger partial charge in [0.2, 0.25) is 5.91 Å². The highest BCUT2D eigenvalue weighted by Gasteiger charge is 2.26. The predicted molar refractivity (Wildman–Crippen MR) is 106 cm³/mol. The number of fused-ring (bicyclic) bond motifs is 1. The lowest BCUT2D eigenvalue weighted by atomic mass is 10.0. The van der Waals surface area contributed by atoms with Crippen LogP contribution in [-0.2, 0) is 29.0 Å². The molecule has 0 saturated heterocycles. The van der Waals surface area contributed by atoms with Gasteiger partial charge in [0.25, 0.3) is 6.47 Å². The molecule has 1 aromatic heterocycles. The molecule has 10 heteroatoms. The number of aromatic amines is 1. The van der Waals surface area contributed by atoms with Crippen molar-refractivity contribution in [1.29, 1.82) is 0 Å². The summed E-state index contributed by atoms with van der Waals surface area (Å²) in [6, 6.07) is 5.33. The largest absolute Gasteiger partial charge is 0.504 e. The Bertz CT molecular complexity index is 895. The molecule has 1 aliphatic rings. The number of unbranched alkanes of at least 4 members (excludes halogenated alkanes) is 1. The van der Waals surface area contributed by atoms with Crippen molar-refractivity contribution in [3.05, 3.63) is 40.7 Å². The van der Waals surface area contributed by atoms with Gasteiger partial charge in [0.1, 0.15) is 0 Å². The monoisotopic (exact) mass is 419 g/mol. The molecule has 1 aliphatic heterocycles. The van der Waals surface area contributed by atoms with Gasteiger partial charge in [-0.25, -0.2) is 4.79 Å². The number of H-pyrrole nitrogens is 1. The smallest absolute Gasteiger partial charge is 0.356 e. The van der Waals surface area contributed by atoms with E-state index in [1.54, 1.807) is 17.0 Å². The van der Waals surface area contributed by atoms with Crippen LogP contribution in [0.15, 0.2) is 18.2 Å². The van der Waals surface area contributed by atoms with Gasteiger partial charge in [-0.2, -0.15) is 5.10 Å². The van der Waals surface area contributed by atoms with E-state index in [4.69, 9.17) is 19.7 Å². The molecule has 2 aromatic rings. The molecule has 0 fully saturated rings. The van der Waals surface area contributed by atoms with Gasteiger partial charge in [0.05, 0.1) is 19.3 Å². The van der Waals surface area contributed by atoms with Crippen molar-refractivity contribution < 1.29 is 34.4 Å². The molecule has 4 N–H and O–H groups in total. The number of aromatic carboxylic acids is 1. The maximum absolute atomic E-state index is 12.4. The van der Waals surface area contributed by atoms with Gasteiger partial charge in [-0.3, -0.25) is 14.7 Å². The van der Waals surface area contributed by atoms with Crippen LogP contribution in [0.25, 0.3) is 0 Å². The van der Waals surface area contributed by atoms with Crippen LogP contribution in [0.3, 0.4) is 0 Å². The number of carboxylic acids is 1. The normalized spacial score (nSPS) is 12.4. The Balaban J connectivity index is 0.00000101. The van der Waals surface area contributed by atoms with E-state index >= 15 is 0 Å². The van der Waals surface area contributed by atoms with E-state index in [0.717, 1.165) is 24.8 Å². The standard InChI is InChI=1S/C19H23N3O5.CH2O2/c1-27-16-7-6-12(10-15(16)23)4-2-3-5-17(24)22-9-8-13-14(11-22)20-21-18(13)19(25)26;2-1-3/h6-7,10,23H,2-5,8-9,11H2,1H3,(H,20,21)(H,25,26);1H,(H,2,3). The zero-order chi connectivity index (χ0) is 22.1.